The molecule has 0 radical (unpaired) electrons. The van der Waals surface area contributed by atoms with Gasteiger partial charge >= 0.3 is 0 Å². The lowest BCUT2D eigenvalue weighted by atomic mass is 9.93. The van der Waals surface area contributed by atoms with Crippen LogP contribution in [0.5, 0.6) is 0 Å². The molecule has 150 valence electrons. The average Bonchev–Trinajstić information content (AvgIpc) is 3.20. The Hall–Kier alpha value is -3.78. The molecule has 1 heterocycles. The van der Waals surface area contributed by atoms with E-state index in [9.17, 15) is 0 Å². The summed E-state index contributed by atoms with van der Waals surface area (Å²) in [6.45, 7) is 0. The van der Waals surface area contributed by atoms with E-state index >= 15 is 0 Å². The molecule has 31 heavy (non-hydrogen) atoms. The van der Waals surface area contributed by atoms with Crippen LogP contribution in [-0.4, -0.2) is 17.1 Å². The van der Waals surface area contributed by atoms with Gasteiger partial charge < -0.3 is 0 Å². The van der Waals surface area contributed by atoms with Crippen LogP contribution in [0.15, 0.2) is 131 Å². The van der Waals surface area contributed by atoms with Crippen molar-refractivity contribution in [3.05, 3.63) is 144 Å². The van der Waals surface area contributed by atoms with Gasteiger partial charge in [-0.1, -0.05) is 121 Å². The Morgan fingerprint density at radius 1 is 0.419 bits per heavy atom. The Bertz CT molecular complexity index is 1100. The van der Waals surface area contributed by atoms with Crippen LogP contribution in [0.4, 0.5) is 0 Å². The minimum absolute atomic E-state index is 0.570. The summed E-state index contributed by atoms with van der Waals surface area (Å²) >= 11 is 0. The third-order valence-corrected chi connectivity index (χ3v) is 5.62. The second kappa shape index (κ2) is 8.53. The molecule has 0 aromatic heterocycles. The quantitative estimate of drug-likeness (QED) is 0.370. The maximum Gasteiger partial charge on any atom is 0.159 e. The van der Waals surface area contributed by atoms with Crippen molar-refractivity contribution < 1.29 is 0 Å². The molecule has 0 atom stereocenters. The predicted octanol–water partition coefficient (Wildman–Crippen LogP) is 6.16. The average molecular weight is 401 g/mol. The highest BCUT2D eigenvalue weighted by Crippen LogP contribution is 2.32. The summed E-state index contributed by atoms with van der Waals surface area (Å²) in [7, 11) is 0. The zero-order valence-corrected chi connectivity index (χ0v) is 17.4. The lowest BCUT2D eigenvalue weighted by Crippen LogP contribution is -2.28. The molecule has 0 saturated carbocycles. The Kier molecular flexibility index (Phi) is 5.28. The third kappa shape index (κ3) is 4.24. The third-order valence-electron chi connectivity index (χ3n) is 5.62. The van der Waals surface area contributed by atoms with Gasteiger partial charge in [-0.05, 0) is 11.1 Å². The summed E-state index contributed by atoms with van der Waals surface area (Å²) in [5.41, 5.74) is 6.07. The second-order valence-electron chi connectivity index (χ2n) is 7.96. The molecule has 2 nitrogen and oxygen atoms in total. The molecule has 5 rings (SSSR count). The number of hydrogen-bond donors (Lipinski definition) is 0. The first-order valence-electron chi connectivity index (χ1n) is 10.7. The van der Waals surface area contributed by atoms with Gasteiger partial charge in [0.1, 0.15) is 0 Å². The molecule has 2 heteroatoms. The van der Waals surface area contributed by atoms with Crippen molar-refractivity contribution in [1.82, 2.24) is 0 Å². The molecule has 0 N–H and O–H groups in total. The molecule has 0 spiro atoms. The van der Waals surface area contributed by atoms with Crippen LogP contribution in [0.2, 0.25) is 0 Å². The van der Waals surface area contributed by atoms with Crippen molar-refractivity contribution >= 4 is 11.4 Å². The molecule has 4 aromatic carbocycles. The second-order valence-corrected chi connectivity index (χ2v) is 7.96. The number of hydrogen-bond acceptors (Lipinski definition) is 2. The molecule has 0 amide bonds. The van der Waals surface area contributed by atoms with Crippen LogP contribution >= 0.6 is 0 Å². The van der Waals surface area contributed by atoms with Gasteiger partial charge in [0, 0.05) is 24.0 Å². The molecule has 0 aliphatic carbocycles. The summed E-state index contributed by atoms with van der Waals surface area (Å²) in [6.07, 6.45) is 1.52. The van der Waals surface area contributed by atoms with E-state index < -0.39 is 5.66 Å². The molecule has 0 bridgehead atoms. The standard InChI is InChI=1S/C29H24N2/c1-5-13-23(14-6-1)21-29(22-24-15-7-2-8-16-24)30-27(25-17-9-3-10-18-25)28(31-29)26-19-11-4-12-20-26/h1-20H,21-22H2. The van der Waals surface area contributed by atoms with Gasteiger partial charge in [-0.3, -0.25) is 9.98 Å². The predicted molar refractivity (Wildman–Crippen MR) is 129 cm³/mol. The van der Waals surface area contributed by atoms with Gasteiger partial charge in [0.2, 0.25) is 0 Å². The molecule has 0 fully saturated rings. The van der Waals surface area contributed by atoms with Crippen LogP contribution in [0, 0.1) is 0 Å². The highest BCUT2D eigenvalue weighted by atomic mass is 15.1. The fourth-order valence-corrected chi connectivity index (χ4v) is 4.21. The van der Waals surface area contributed by atoms with Crippen LogP contribution < -0.4 is 0 Å². The zero-order valence-electron chi connectivity index (χ0n) is 17.4. The van der Waals surface area contributed by atoms with Crippen LogP contribution in [0.25, 0.3) is 0 Å². The van der Waals surface area contributed by atoms with Crippen molar-refractivity contribution in [2.45, 2.75) is 18.5 Å². The summed E-state index contributed by atoms with van der Waals surface area (Å²) < 4.78 is 0. The van der Waals surface area contributed by atoms with E-state index in [1.165, 1.54) is 11.1 Å². The lowest BCUT2D eigenvalue weighted by Gasteiger charge is -2.24. The van der Waals surface area contributed by atoms with E-state index in [-0.39, 0.29) is 0 Å². The van der Waals surface area contributed by atoms with Crippen molar-refractivity contribution in [1.29, 1.82) is 0 Å². The number of rotatable bonds is 6. The molecule has 1 aliphatic rings. The van der Waals surface area contributed by atoms with Gasteiger partial charge in [0.05, 0.1) is 11.4 Å². The van der Waals surface area contributed by atoms with Crippen LogP contribution in [-0.2, 0) is 12.8 Å². The van der Waals surface area contributed by atoms with Crippen molar-refractivity contribution in [2.75, 3.05) is 0 Å². The largest absolute Gasteiger partial charge is 0.252 e. The molecular formula is C29H24N2. The van der Waals surface area contributed by atoms with E-state index in [0.29, 0.717) is 0 Å². The highest BCUT2D eigenvalue weighted by molar-refractivity contribution is 6.54. The minimum Gasteiger partial charge on any atom is -0.252 e. The summed E-state index contributed by atoms with van der Waals surface area (Å²) in [5, 5.41) is 0. The maximum atomic E-state index is 5.35. The molecule has 0 saturated heterocycles. The minimum atomic E-state index is -0.570. The van der Waals surface area contributed by atoms with Crippen molar-refractivity contribution in [3.63, 3.8) is 0 Å². The van der Waals surface area contributed by atoms with E-state index in [1.54, 1.807) is 0 Å². The Labute approximate surface area is 183 Å². The van der Waals surface area contributed by atoms with Gasteiger partial charge in [-0.15, -0.1) is 0 Å². The van der Waals surface area contributed by atoms with E-state index in [2.05, 4.69) is 109 Å². The number of benzene rings is 4. The first-order chi connectivity index (χ1) is 15.3. The van der Waals surface area contributed by atoms with Crippen LogP contribution in [0.1, 0.15) is 22.3 Å². The number of aliphatic imine (C=N–C) groups is 2. The van der Waals surface area contributed by atoms with Gasteiger partial charge in [0.25, 0.3) is 0 Å². The molecule has 1 aliphatic heterocycles. The van der Waals surface area contributed by atoms with Gasteiger partial charge in [-0.2, -0.15) is 0 Å². The van der Waals surface area contributed by atoms with Gasteiger partial charge in [0.15, 0.2) is 5.66 Å². The maximum absolute atomic E-state index is 5.35. The van der Waals surface area contributed by atoms with Crippen molar-refractivity contribution in [2.24, 2.45) is 9.98 Å². The summed E-state index contributed by atoms with van der Waals surface area (Å²) in [4.78, 5) is 10.7. The highest BCUT2D eigenvalue weighted by Gasteiger charge is 2.37. The fraction of sp³-hybridized carbons (Fsp3) is 0.103. The topological polar surface area (TPSA) is 24.7 Å². The van der Waals surface area contributed by atoms with Gasteiger partial charge in [-0.25, -0.2) is 0 Å². The first kappa shape index (κ1) is 19.2. The molecule has 4 aromatic rings. The Morgan fingerprint density at radius 3 is 1.10 bits per heavy atom. The van der Waals surface area contributed by atoms with Crippen molar-refractivity contribution in [3.8, 4) is 0 Å². The fourth-order valence-electron chi connectivity index (χ4n) is 4.21. The Balaban J connectivity index is 1.66. The Morgan fingerprint density at radius 2 is 0.742 bits per heavy atom. The monoisotopic (exact) mass is 400 g/mol. The normalized spacial score (nSPS) is 14.7. The summed E-state index contributed by atoms with van der Waals surface area (Å²) in [6, 6.07) is 42.0. The molecular weight excluding hydrogens is 376 g/mol. The number of nitrogens with zero attached hydrogens (tertiary/aromatic N) is 2. The van der Waals surface area contributed by atoms with Crippen LogP contribution in [0.3, 0.4) is 0 Å². The molecule has 0 unspecified atom stereocenters. The summed E-state index contributed by atoms with van der Waals surface area (Å²) in [5.74, 6) is 0. The lowest BCUT2D eigenvalue weighted by molar-refractivity contribution is 0.453. The van der Waals surface area contributed by atoms with E-state index in [4.69, 9.17) is 9.98 Å². The first-order valence-corrected chi connectivity index (χ1v) is 10.7. The zero-order chi connectivity index (χ0) is 20.9. The SMILES string of the molecule is c1ccc(CC2(Cc3ccccc3)N=C(c3ccccc3)C(c3ccccc3)=N2)cc1. The smallest absolute Gasteiger partial charge is 0.159 e. The van der Waals surface area contributed by atoms with E-state index in [1.807, 2.05) is 12.1 Å². The van der Waals surface area contributed by atoms with E-state index in [0.717, 1.165) is 35.4 Å².